The first-order valence-corrected chi connectivity index (χ1v) is 9.65. The molecule has 5 heteroatoms. The van der Waals surface area contributed by atoms with Crippen LogP contribution in [0.1, 0.15) is 17.5 Å². The van der Waals surface area contributed by atoms with Gasteiger partial charge in [-0.3, -0.25) is 9.69 Å². The van der Waals surface area contributed by atoms with E-state index in [1.54, 1.807) is 0 Å². The largest absolute Gasteiger partial charge is 0.326 e. The van der Waals surface area contributed by atoms with Crippen molar-refractivity contribution in [3.05, 3.63) is 102 Å². The summed E-state index contributed by atoms with van der Waals surface area (Å²) < 4.78 is 26.3. The molecule has 0 spiro atoms. The van der Waals surface area contributed by atoms with Gasteiger partial charge in [-0.2, -0.15) is 0 Å². The lowest BCUT2D eigenvalue weighted by Gasteiger charge is -2.22. The minimum Gasteiger partial charge on any atom is -0.326 e. The lowest BCUT2D eigenvalue weighted by molar-refractivity contribution is -0.116. The van der Waals surface area contributed by atoms with E-state index >= 15 is 0 Å². The van der Waals surface area contributed by atoms with Crippen LogP contribution >= 0.6 is 0 Å². The molecule has 0 saturated heterocycles. The number of hydrogen-bond donors (Lipinski definition) is 1. The second-order valence-corrected chi connectivity index (χ2v) is 6.92. The molecule has 0 radical (unpaired) electrons. The Bertz CT molecular complexity index is 917. The van der Waals surface area contributed by atoms with Crippen molar-refractivity contribution in [1.82, 2.24) is 4.90 Å². The van der Waals surface area contributed by atoms with E-state index in [1.165, 1.54) is 17.2 Å². The highest BCUT2D eigenvalue weighted by Gasteiger charge is 2.11. The minimum absolute atomic E-state index is 0.228. The SMILES string of the molecule is O=C(CCN(CCc1ccccc1)Cc1ccccc1)Nc1ccc(F)c(F)c1. The van der Waals surface area contributed by atoms with E-state index in [0.29, 0.717) is 6.54 Å². The monoisotopic (exact) mass is 394 g/mol. The molecule has 0 bridgehead atoms. The Balaban J connectivity index is 1.57. The van der Waals surface area contributed by atoms with E-state index < -0.39 is 11.6 Å². The standard InChI is InChI=1S/C24H24F2N2O/c25-22-12-11-21(17-23(22)26)27-24(29)14-16-28(18-20-9-5-2-6-10-20)15-13-19-7-3-1-4-8-19/h1-12,17H,13-16,18H2,(H,27,29). The Labute approximate surface area is 170 Å². The summed E-state index contributed by atoms with van der Waals surface area (Å²) in [5, 5.41) is 2.63. The molecule has 0 fully saturated rings. The summed E-state index contributed by atoms with van der Waals surface area (Å²) in [6.45, 7) is 2.13. The van der Waals surface area contributed by atoms with Crippen LogP contribution in [0.3, 0.4) is 0 Å². The average molecular weight is 394 g/mol. The van der Waals surface area contributed by atoms with Crippen LogP contribution in [0.25, 0.3) is 0 Å². The topological polar surface area (TPSA) is 32.3 Å². The Kier molecular flexibility index (Phi) is 7.47. The molecule has 1 N–H and O–H groups in total. The first kappa shape index (κ1) is 20.7. The zero-order valence-corrected chi connectivity index (χ0v) is 16.2. The first-order chi connectivity index (χ1) is 14.1. The Morgan fingerprint density at radius 3 is 2.10 bits per heavy atom. The summed E-state index contributed by atoms with van der Waals surface area (Å²) in [4.78, 5) is 14.5. The molecule has 29 heavy (non-hydrogen) atoms. The van der Waals surface area contributed by atoms with Crippen LogP contribution in [0, 0.1) is 11.6 Å². The van der Waals surface area contributed by atoms with Crippen LogP contribution in [-0.2, 0) is 17.8 Å². The van der Waals surface area contributed by atoms with Crippen molar-refractivity contribution in [2.45, 2.75) is 19.4 Å². The van der Waals surface area contributed by atoms with Gasteiger partial charge in [0.05, 0.1) is 0 Å². The smallest absolute Gasteiger partial charge is 0.225 e. The van der Waals surface area contributed by atoms with E-state index in [-0.39, 0.29) is 18.0 Å². The molecule has 0 aliphatic heterocycles. The molecule has 3 nitrogen and oxygen atoms in total. The molecule has 0 aliphatic rings. The maximum absolute atomic E-state index is 13.3. The lowest BCUT2D eigenvalue weighted by atomic mass is 10.1. The Morgan fingerprint density at radius 2 is 1.45 bits per heavy atom. The van der Waals surface area contributed by atoms with Crippen LogP contribution in [0.4, 0.5) is 14.5 Å². The summed E-state index contributed by atoms with van der Waals surface area (Å²) in [6, 6.07) is 23.7. The molecule has 0 aromatic heterocycles. The molecule has 0 saturated carbocycles. The normalized spacial score (nSPS) is 10.9. The van der Waals surface area contributed by atoms with Crippen molar-refractivity contribution < 1.29 is 13.6 Å². The fraction of sp³-hybridized carbons (Fsp3) is 0.208. The van der Waals surface area contributed by atoms with Crippen molar-refractivity contribution >= 4 is 11.6 Å². The number of nitrogens with zero attached hydrogens (tertiary/aromatic N) is 1. The number of carbonyl (C=O) groups is 1. The fourth-order valence-electron chi connectivity index (χ4n) is 3.10. The van der Waals surface area contributed by atoms with Gasteiger partial charge in [-0.15, -0.1) is 0 Å². The number of carbonyl (C=O) groups excluding carboxylic acids is 1. The maximum Gasteiger partial charge on any atom is 0.225 e. The van der Waals surface area contributed by atoms with Gasteiger partial charge in [0.15, 0.2) is 11.6 Å². The van der Waals surface area contributed by atoms with Gasteiger partial charge in [0, 0.05) is 37.8 Å². The molecule has 0 atom stereocenters. The van der Waals surface area contributed by atoms with Crippen molar-refractivity contribution in [2.75, 3.05) is 18.4 Å². The van der Waals surface area contributed by atoms with Crippen LogP contribution in [-0.4, -0.2) is 23.9 Å². The Morgan fingerprint density at radius 1 is 0.793 bits per heavy atom. The van der Waals surface area contributed by atoms with Crippen molar-refractivity contribution in [3.8, 4) is 0 Å². The molecule has 1 amide bonds. The molecular formula is C24H24F2N2O. The summed E-state index contributed by atoms with van der Waals surface area (Å²) in [7, 11) is 0. The fourth-order valence-corrected chi connectivity index (χ4v) is 3.10. The number of amides is 1. The highest BCUT2D eigenvalue weighted by molar-refractivity contribution is 5.90. The lowest BCUT2D eigenvalue weighted by Crippen LogP contribution is -2.29. The summed E-state index contributed by atoms with van der Waals surface area (Å²) in [5.74, 6) is -2.14. The van der Waals surface area contributed by atoms with Crippen LogP contribution in [0.2, 0.25) is 0 Å². The highest BCUT2D eigenvalue weighted by Crippen LogP contribution is 2.14. The summed E-state index contributed by atoms with van der Waals surface area (Å²) >= 11 is 0. The van der Waals surface area contributed by atoms with E-state index in [4.69, 9.17) is 0 Å². The zero-order chi connectivity index (χ0) is 20.5. The molecule has 3 aromatic rings. The third kappa shape index (κ3) is 6.80. The van der Waals surface area contributed by atoms with Crippen molar-refractivity contribution in [3.63, 3.8) is 0 Å². The average Bonchev–Trinajstić information content (AvgIpc) is 2.74. The van der Waals surface area contributed by atoms with Crippen LogP contribution in [0.5, 0.6) is 0 Å². The number of rotatable bonds is 9. The van der Waals surface area contributed by atoms with Gasteiger partial charge in [0.1, 0.15) is 0 Å². The summed E-state index contributed by atoms with van der Waals surface area (Å²) in [5.41, 5.74) is 2.69. The van der Waals surface area contributed by atoms with Gasteiger partial charge in [0.2, 0.25) is 5.91 Å². The van der Waals surface area contributed by atoms with Gasteiger partial charge in [-0.1, -0.05) is 60.7 Å². The van der Waals surface area contributed by atoms with Crippen molar-refractivity contribution in [2.24, 2.45) is 0 Å². The molecule has 0 aliphatic carbocycles. The molecule has 0 heterocycles. The highest BCUT2D eigenvalue weighted by atomic mass is 19.2. The molecule has 0 unspecified atom stereocenters. The minimum atomic E-state index is -0.976. The third-order valence-corrected chi connectivity index (χ3v) is 4.67. The van der Waals surface area contributed by atoms with Gasteiger partial charge in [-0.25, -0.2) is 8.78 Å². The van der Waals surface area contributed by atoms with Gasteiger partial charge in [-0.05, 0) is 29.7 Å². The van der Waals surface area contributed by atoms with E-state index in [2.05, 4.69) is 34.5 Å². The predicted molar refractivity (Wildman–Crippen MR) is 111 cm³/mol. The number of hydrogen-bond acceptors (Lipinski definition) is 2. The predicted octanol–water partition coefficient (Wildman–Crippen LogP) is 5.04. The van der Waals surface area contributed by atoms with E-state index in [9.17, 15) is 13.6 Å². The van der Waals surface area contributed by atoms with Crippen molar-refractivity contribution in [1.29, 1.82) is 0 Å². The molecule has 3 rings (SSSR count). The van der Waals surface area contributed by atoms with Crippen LogP contribution < -0.4 is 5.32 Å². The second kappa shape index (κ2) is 10.5. The molecular weight excluding hydrogens is 370 g/mol. The third-order valence-electron chi connectivity index (χ3n) is 4.67. The van der Waals surface area contributed by atoms with E-state index in [1.807, 2.05) is 36.4 Å². The molecule has 150 valence electrons. The zero-order valence-electron chi connectivity index (χ0n) is 16.2. The number of anilines is 1. The van der Waals surface area contributed by atoms with Gasteiger partial charge in [0.25, 0.3) is 0 Å². The second-order valence-electron chi connectivity index (χ2n) is 6.92. The quantitative estimate of drug-likeness (QED) is 0.552. The maximum atomic E-state index is 13.3. The summed E-state index contributed by atoms with van der Waals surface area (Å²) in [6.07, 6.45) is 1.15. The number of benzene rings is 3. The number of nitrogens with one attached hydrogen (secondary N) is 1. The van der Waals surface area contributed by atoms with Gasteiger partial charge >= 0.3 is 0 Å². The van der Waals surface area contributed by atoms with Crippen LogP contribution in [0.15, 0.2) is 78.9 Å². The molecule has 3 aromatic carbocycles. The number of halogens is 2. The van der Waals surface area contributed by atoms with Gasteiger partial charge < -0.3 is 5.32 Å². The first-order valence-electron chi connectivity index (χ1n) is 9.65. The van der Waals surface area contributed by atoms with E-state index in [0.717, 1.165) is 31.6 Å². The Hall–Kier alpha value is -3.05.